The summed E-state index contributed by atoms with van der Waals surface area (Å²) in [6.45, 7) is 1.73. The van der Waals surface area contributed by atoms with Gasteiger partial charge in [-0.15, -0.1) is 10.2 Å². The molecule has 0 aromatic carbocycles. The predicted octanol–water partition coefficient (Wildman–Crippen LogP) is -0.0370. The first kappa shape index (κ1) is 11.8. The molecule has 0 saturated carbocycles. The number of sulfonamides is 1. The minimum absolute atomic E-state index is 0.0544. The van der Waals surface area contributed by atoms with E-state index in [0.29, 0.717) is 5.01 Å². The molecule has 92 valence electrons. The summed E-state index contributed by atoms with van der Waals surface area (Å²) in [5, 5.41) is 12.0. The minimum atomic E-state index is -3.76. The summed E-state index contributed by atoms with van der Waals surface area (Å²) in [7, 11) is -2.17. The lowest BCUT2D eigenvalue weighted by Gasteiger charge is -2.01. The molecule has 0 aliphatic carbocycles. The van der Waals surface area contributed by atoms with Crippen LogP contribution in [-0.2, 0) is 17.1 Å². The molecule has 10 heteroatoms. The quantitative estimate of drug-likeness (QED) is 0.811. The monoisotopic (exact) mass is 274 g/mol. The van der Waals surface area contributed by atoms with Crippen LogP contribution in [0.4, 0.5) is 10.9 Å². The van der Waals surface area contributed by atoms with Crippen molar-refractivity contribution >= 4 is 32.3 Å². The van der Waals surface area contributed by atoms with Crippen molar-refractivity contribution in [3.63, 3.8) is 0 Å². The number of nitrogens with zero attached hydrogens (tertiary/aromatic N) is 4. The van der Waals surface area contributed by atoms with Gasteiger partial charge in [0.05, 0.1) is 0 Å². The Labute approximate surface area is 102 Å². The molecule has 0 spiro atoms. The van der Waals surface area contributed by atoms with Crippen LogP contribution in [0, 0.1) is 6.92 Å². The van der Waals surface area contributed by atoms with Gasteiger partial charge in [-0.2, -0.15) is 5.10 Å². The minimum Gasteiger partial charge on any atom is -0.381 e. The molecule has 0 atom stereocenters. The standard InChI is InChI=1S/C7H10N6O2S2/c1-4-9-10-7(16-4)12-17(14,15)5-3-13(2)11-6(5)8/h3H,1-2H3,(H2,8,11)(H,10,12). The first-order chi connectivity index (χ1) is 7.88. The fourth-order valence-electron chi connectivity index (χ4n) is 1.20. The molecule has 0 unspecified atom stereocenters. The topological polar surface area (TPSA) is 116 Å². The van der Waals surface area contributed by atoms with Crippen molar-refractivity contribution in [3.8, 4) is 0 Å². The molecule has 0 amide bonds. The van der Waals surface area contributed by atoms with Crippen LogP contribution in [0.15, 0.2) is 11.1 Å². The number of nitrogens with two attached hydrogens (primary N) is 1. The van der Waals surface area contributed by atoms with Crippen molar-refractivity contribution in [1.82, 2.24) is 20.0 Å². The van der Waals surface area contributed by atoms with E-state index >= 15 is 0 Å². The van der Waals surface area contributed by atoms with Crippen molar-refractivity contribution in [2.24, 2.45) is 7.05 Å². The third kappa shape index (κ3) is 2.36. The van der Waals surface area contributed by atoms with Crippen LogP contribution in [0.25, 0.3) is 0 Å². The number of nitrogen functional groups attached to an aromatic ring is 1. The van der Waals surface area contributed by atoms with Crippen LogP contribution in [0.2, 0.25) is 0 Å². The van der Waals surface area contributed by atoms with Crippen molar-refractivity contribution in [3.05, 3.63) is 11.2 Å². The molecular weight excluding hydrogens is 264 g/mol. The average Bonchev–Trinajstić information content (AvgIpc) is 2.72. The van der Waals surface area contributed by atoms with E-state index in [4.69, 9.17) is 5.73 Å². The number of nitrogens with one attached hydrogen (secondary N) is 1. The van der Waals surface area contributed by atoms with Gasteiger partial charge in [-0.1, -0.05) is 11.3 Å². The molecule has 2 aromatic rings. The second kappa shape index (κ2) is 3.96. The predicted molar refractivity (Wildman–Crippen MR) is 63.1 cm³/mol. The summed E-state index contributed by atoms with van der Waals surface area (Å²) in [6, 6.07) is 0. The number of rotatable bonds is 3. The van der Waals surface area contributed by atoms with E-state index in [-0.39, 0.29) is 15.8 Å². The highest BCUT2D eigenvalue weighted by Crippen LogP contribution is 2.21. The maximum absolute atomic E-state index is 11.9. The van der Waals surface area contributed by atoms with E-state index in [1.165, 1.54) is 10.9 Å². The highest BCUT2D eigenvalue weighted by atomic mass is 32.2. The van der Waals surface area contributed by atoms with Gasteiger partial charge in [0.25, 0.3) is 10.0 Å². The second-order valence-electron chi connectivity index (χ2n) is 3.28. The molecule has 0 radical (unpaired) electrons. The molecule has 2 rings (SSSR count). The third-order valence-corrected chi connectivity index (χ3v) is 4.10. The van der Waals surface area contributed by atoms with E-state index in [2.05, 4.69) is 20.0 Å². The van der Waals surface area contributed by atoms with E-state index < -0.39 is 10.0 Å². The summed E-state index contributed by atoms with van der Waals surface area (Å²) in [5.74, 6) is -0.0544. The number of aryl methyl sites for hydroxylation is 2. The molecule has 0 bridgehead atoms. The lowest BCUT2D eigenvalue weighted by molar-refractivity contribution is 0.601. The zero-order chi connectivity index (χ0) is 12.6. The molecule has 0 fully saturated rings. The van der Waals surface area contributed by atoms with Gasteiger partial charge in [-0.25, -0.2) is 8.42 Å². The molecule has 3 N–H and O–H groups in total. The van der Waals surface area contributed by atoms with Gasteiger partial charge in [-0.05, 0) is 6.92 Å². The van der Waals surface area contributed by atoms with Crippen LogP contribution >= 0.6 is 11.3 Å². The molecule has 17 heavy (non-hydrogen) atoms. The summed E-state index contributed by atoms with van der Waals surface area (Å²) < 4.78 is 27.5. The van der Waals surface area contributed by atoms with Gasteiger partial charge in [0.1, 0.15) is 9.90 Å². The lowest BCUT2D eigenvalue weighted by Crippen LogP contribution is -2.13. The van der Waals surface area contributed by atoms with Crippen LogP contribution in [-0.4, -0.2) is 28.4 Å². The van der Waals surface area contributed by atoms with Gasteiger partial charge in [0, 0.05) is 13.2 Å². The number of hydrogen-bond donors (Lipinski definition) is 2. The maximum atomic E-state index is 11.9. The molecule has 0 aliphatic heterocycles. The van der Waals surface area contributed by atoms with E-state index in [0.717, 1.165) is 11.3 Å². The van der Waals surface area contributed by atoms with E-state index in [1.807, 2.05) is 0 Å². The highest BCUT2D eigenvalue weighted by Gasteiger charge is 2.22. The number of aromatic nitrogens is 4. The van der Waals surface area contributed by atoms with Crippen molar-refractivity contribution in [2.45, 2.75) is 11.8 Å². The SMILES string of the molecule is Cc1nnc(NS(=O)(=O)c2cn(C)nc2N)s1. The Kier molecular flexibility index (Phi) is 2.75. The molecule has 0 aliphatic rings. The van der Waals surface area contributed by atoms with Gasteiger partial charge < -0.3 is 5.73 Å². The fraction of sp³-hybridized carbons (Fsp3) is 0.286. The molecule has 0 saturated heterocycles. The van der Waals surface area contributed by atoms with Gasteiger partial charge in [0.2, 0.25) is 5.13 Å². The largest absolute Gasteiger partial charge is 0.381 e. The Morgan fingerprint density at radius 1 is 1.47 bits per heavy atom. The summed E-state index contributed by atoms with van der Waals surface area (Å²) in [5.41, 5.74) is 5.50. The van der Waals surface area contributed by atoms with Crippen molar-refractivity contribution < 1.29 is 8.42 Å². The Morgan fingerprint density at radius 3 is 2.65 bits per heavy atom. The third-order valence-electron chi connectivity index (χ3n) is 1.86. The summed E-state index contributed by atoms with van der Waals surface area (Å²) in [4.78, 5) is -0.0761. The summed E-state index contributed by atoms with van der Waals surface area (Å²) in [6.07, 6.45) is 1.32. The van der Waals surface area contributed by atoms with E-state index in [1.54, 1.807) is 14.0 Å². The first-order valence-electron chi connectivity index (χ1n) is 4.50. The van der Waals surface area contributed by atoms with Crippen LogP contribution in [0.5, 0.6) is 0 Å². The molecule has 8 nitrogen and oxygen atoms in total. The smallest absolute Gasteiger partial charge is 0.268 e. The van der Waals surface area contributed by atoms with Gasteiger partial charge >= 0.3 is 0 Å². The Hall–Kier alpha value is -1.68. The molecule has 2 heterocycles. The van der Waals surface area contributed by atoms with Crippen molar-refractivity contribution in [1.29, 1.82) is 0 Å². The fourth-order valence-corrected chi connectivity index (χ4v) is 3.13. The van der Waals surface area contributed by atoms with Crippen molar-refractivity contribution in [2.75, 3.05) is 10.5 Å². The van der Waals surface area contributed by atoms with Crippen LogP contribution < -0.4 is 10.5 Å². The van der Waals surface area contributed by atoms with Gasteiger partial charge in [-0.3, -0.25) is 9.40 Å². The summed E-state index contributed by atoms with van der Waals surface area (Å²) >= 11 is 1.14. The highest BCUT2D eigenvalue weighted by molar-refractivity contribution is 7.93. The number of hydrogen-bond acceptors (Lipinski definition) is 7. The Balaban J connectivity index is 2.34. The number of anilines is 2. The van der Waals surface area contributed by atoms with Crippen LogP contribution in [0.3, 0.4) is 0 Å². The first-order valence-corrected chi connectivity index (χ1v) is 6.80. The molecular formula is C7H10N6O2S2. The normalized spacial score (nSPS) is 11.6. The van der Waals surface area contributed by atoms with Gasteiger partial charge in [0.15, 0.2) is 5.82 Å². The lowest BCUT2D eigenvalue weighted by atomic mass is 10.7. The second-order valence-corrected chi connectivity index (χ2v) is 6.12. The Bertz CT molecular complexity index is 643. The molecule has 2 aromatic heterocycles. The van der Waals surface area contributed by atoms with E-state index in [9.17, 15) is 8.42 Å². The Morgan fingerprint density at radius 2 is 2.18 bits per heavy atom. The maximum Gasteiger partial charge on any atom is 0.268 e. The zero-order valence-corrected chi connectivity index (χ0v) is 10.7. The zero-order valence-electron chi connectivity index (χ0n) is 9.08. The van der Waals surface area contributed by atoms with Crippen LogP contribution in [0.1, 0.15) is 5.01 Å². The average molecular weight is 274 g/mol.